The largest absolute Gasteiger partial charge is 0.372 e. The van der Waals surface area contributed by atoms with Crippen molar-refractivity contribution in [3.05, 3.63) is 54.3 Å². The van der Waals surface area contributed by atoms with Crippen molar-refractivity contribution < 1.29 is 9.18 Å². The van der Waals surface area contributed by atoms with Crippen molar-refractivity contribution in [3.8, 4) is 11.4 Å². The molecule has 1 heterocycles. The molecule has 3 rings (SSSR count). The van der Waals surface area contributed by atoms with Crippen molar-refractivity contribution in [2.45, 2.75) is 32.5 Å². The van der Waals surface area contributed by atoms with Crippen LogP contribution in [0.3, 0.4) is 0 Å². The minimum atomic E-state index is -0.456. The highest BCUT2D eigenvalue weighted by molar-refractivity contribution is 7.99. The predicted octanol–water partition coefficient (Wildman–Crippen LogP) is 4.68. The molecule has 0 saturated carbocycles. The number of anilines is 2. The highest BCUT2D eigenvalue weighted by atomic mass is 32.2. The molecule has 2 aromatic carbocycles. The van der Waals surface area contributed by atoms with Gasteiger partial charge in [0, 0.05) is 30.9 Å². The normalized spacial score (nSPS) is 10.8. The fourth-order valence-electron chi connectivity index (χ4n) is 3.18. The Bertz CT molecular complexity index is 985. The summed E-state index contributed by atoms with van der Waals surface area (Å²) in [6.07, 6.45) is 0. The van der Waals surface area contributed by atoms with E-state index in [4.69, 9.17) is 0 Å². The number of benzene rings is 2. The third-order valence-electron chi connectivity index (χ3n) is 4.77. The van der Waals surface area contributed by atoms with E-state index in [9.17, 15) is 9.18 Å². The fourth-order valence-corrected chi connectivity index (χ4v) is 3.99. The molecule has 6 nitrogen and oxygen atoms in total. The molecular formula is C22H26FN5OS. The zero-order valence-corrected chi connectivity index (χ0v) is 18.2. The molecule has 0 aliphatic rings. The van der Waals surface area contributed by atoms with Gasteiger partial charge in [-0.05, 0) is 57.2 Å². The number of para-hydroxylation sites is 1. The number of halogens is 1. The van der Waals surface area contributed by atoms with E-state index in [-0.39, 0.29) is 17.3 Å². The molecule has 0 atom stereocenters. The van der Waals surface area contributed by atoms with Crippen molar-refractivity contribution >= 4 is 29.0 Å². The lowest BCUT2D eigenvalue weighted by Crippen LogP contribution is -2.21. The number of aromatic nitrogens is 3. The zero-order valence-electron chi connectivity index (χ0n) is 17.4. The monoisotopic (exact) mass is 427 g/mol. The van der Waals surface area contributed by atoms with E-state index in [1.807, 2.05) is 23.6 Å². The molecular weight excluding hydrogens is 401 g/mol. The van der Waals surface area contributed by atoms with Gasteiger partial charge < -0.3 is 14.8 Å². The highest BCUT2D eigenvalue weighted by Crippen LogP contribution is 2.26. The Morgan fingerprint density at radius 1 is 1.07 bits per heavy atom. The molecule has 3 aromatic rings. The minimum absolute atomic E-state index is 0.118. The van der Waals surface area contributed by atoms with E-state index in [2.05, 4.69) is 46.4 Å². The van der Waals surface area contributed by atoms with Crippen LogP contribution in [0.2, 0.25) is 0 Å². The number of hydrogen-bond acceptors (Lipinski definition) is 5. The molecule has 0 fully saturated rings. The number of amides is 1. The van der Waals surface area contributed by atoms with Crippen LogP contribution >= 0.6 is 11.8 Å². The fraction of sp³-hybridized carbons (Fsp3) is 0.318. The van der Waals surface area contributed by atoms with Gasteiger partial charge in [0.15, 0.2) is 11.0 Å². The lowest BCUT2D eigenvalue weighted by Gasteiger charge is -2.21. The standard InChI is InChI=1S/C22H26FN5OS/c1-4-27(5-2)17-13-11-16(12-14-17)21-25-26-22(28(21)6-3)30-15-20(29)24-19-10-8-7-9-18(19)23/h7-14H,4-6,15H2,1-3H3,(H,24,29). The van der Waals surface area contributed by atoms with Crippen LogP contribution in [0.25, 0.3) is 11.4 Å². The second-order valence-corrected chi connectivity index (χ2v) is 7.53. The van der Waals surface area contributed by atoms with E-state index in [0.29, 0.717) is 11.7 Å². The average molecular weight is 428 g/mol. The Labute approximate surface area is 180 Å². The Hall–Kier alpha value is -2.87. The Balaban J connectivity index is 1.69. The SMILES string of the molecule is CCN(CC)c1ccc(-c2nnc(SCC(=O)Nc3ccccc3F)n2CC)cc1. The first-order valence-electron chi connectivity index (χ1n) is 10.0. The lowest BCUT2D eigenvalue weighted by molar-refractivity contribution is -0.113. The van der Waals surface area contributed by atoms with Crippen molar-refractivity contribution in [1.29, 1.82) is 0 Å². The summed E-state index contributed by atoms with van der Waals surface area (Å²) in [4.78, 5) is 14.5. The second kappa shape index (κ2) is 10.2. The van der Waals surface area contributed by atoms with Crippen LogP contribution in [0.4, 0.5) is 15.8 Å². The van der Waals surface area contributed by atoms with E-state index in [1.165, 1.54) is 29.6 Å². The first kappa shape index (κ1) is 21.8. The quantitative estimate of drug-likeness (QED) is 0.502. The van der Waals surface area contributed by atoms with Crippen LogP contribution < -0.4 is 10.2 Å². The summed E-state index contributed by atoms with van der Waals surface area (Å²) in [6.45, 7) is 8.87. The number of nitrogens with zero attached hydrogens (tertiary/aromatic N) is 4. The summed E-state index contributed by atoms with van der Waals surface area (Å²) in [5.41, 5.74) is 2.32. The Morgan fingerprint density at radius 2 is 1.77 bits per heavy atom. The van der Waals surface area contributed by atoms with Crippen LogP contribution in [-0.4, -0.2) is 39.5 Å². The molecule has 0 bridgehead atoms. The molecule has 30 heavy (non-hydrogen) atoms. The molecule has 0 unspecified atom stereocenters. The van der Waals surface area contributed by atoms with Gasteiger partial charge >= 0.3 is 0 Å². The summed E-state index contributed by atoms with van der Waals surface area (Å²) in [6, 6.07) is 14.4. The molecule has 1 aromatic heterocycles. The van der Waals surface area contributed by atoms with Crippen molar-refractivity contribution in [1.82, 2.24) is 14.8 Å². The molecule has 0 spiro atoms. The van der Waals surface area contributed by atoms with E-state index in [0.717, 1.165) is 24.5 Å². The summed E-state index contributed by atoms with van der Waals surface area (Å²) < 4.78 is 15.7. The maximum absolute atomic E-state index is 13.7. The molecule has 1 amide bonds. The summed E-state index contributed by atoms with van der Waals surface area (Å²) in [5.74, 6) is 0.136. The van der Waals surface area contributed by atoms with Crippen LogP contribution in [0.15, 0.2) is 53.7 Å². The van der Waals surface area contributed by atoms with E-state index < -0.39 is 5.82 Å². The van der Waals surface area contributed by atoms with Gasteiger partial charge in [-0.2, -0.15) is 0 Å². The number of thioether (sulfide) groups is 1. The van der Waals surface area contributed by atoms with Crippen molar-refractivity contribution in [3.63, 3.8) is 0 Å². The summed E-state index contributed by atoms with van der Waals surface area (Å²) in [7, 11) is 0. The van der Waals surface area contributed by atoms with Gasteiger partial charge in [-0.3, -0.25) is 4.79 Å². The van der Waals surface area contributed by atoms with Crippen LogP contribution in [-0.2, 0) is 11.3 Å². The van der Waals surface area contributed by atoms with Gasteiger partial charge in [0.2, 0.25) is 5.91 Å². The number of hydrogen-bond donors (Lipinski definition) is 1. The van der Waals surface area contributed by atoms with Crippen LogP contribution in [0.1, 0.15) is 20.8 Å². The smallest absolute Gasteiger partial charge is 0.234 e. The molecule has 158 valence electrons. The van der Waals surface area contributed by atoms with Gasteiger partial charge in [0.25, 0.3) is 0 Å². The van der Waals surface area contributed by atoms with Crippen LogP contribution in [0, 0.1) is 5.82 Å². The third kappa shape index (κ3) is 4.99. The number of nitrogens with one attached hydrogen (secondary N) is 1. The topological polar surface area (TPSA) is 63.1 Å². The van der Waals surface area contributed by atoms with Gasteiger partial charge in [0.1, 0.15) is 5.82 Å². The highest BCUT2D eigenvalue weighted by Gasteiger charge is 2.15. The first-order valence-corrected chi connectivity index (χ1v) is 11.0. The van der Waals surface area contributed by atoms with Gasteiger partial charge in [-0.15, -0.1) is 10.2 Å². The van der Waals surface area contributed by atoms with E-state index >= 15 is 0 Å². The van der Waals surface area contributed by atoms with Gasteiger partial charge in [-0.25, -0.2) is 4.39 Å². The summed E-state index contributed by atoms with van der Waals surface area (Å²) >= 11 is 1.28. The van der Waals surface area contributed by atoms with Crippen molar-refractivity contribution in [2.24, 2.45) is 0 Å². The van der Waals surface area contributed by atoms with Crippen molar-refractivity contribution in [2.75, 3.05) is 29.1 Å². The average Bonchev–Trinajstić information content (AvgIpc) is 3.18. The minimum Gasteiger partial charge on any atom is -0.372 e. The maximum atomic E-state index is 13.7. The third-order valence-corrected chi connectivity index (χ3v) is 5.73. The van der Waals surface area contributed by atoms with Crippen LogP contribution in [0.5, 0.6) is 0 Å². The molecule has 0 aliphatic carbocycles. The maximum Gasteiger partial charge on any atom is 0.234 e. The number of carbonyl (C=O) groups excluding carboxylic acids is 1. The molecule has 8 heteroatoms. The molecule has 1 N–H and O–H groups in total. The Kier molecular flexibility index (Phi) is 7.46. The van der Waals surface area contributed by atoms with Gasteiger partial charge in [-0.1, -0.05) is 23.9 Å². The van der Waals surface area contributed by atoms with E-state index in [1.54, 1.807) is 12.1 Å². The first-order chi connectivity index (χ1) is 14.6. The molecule has 0 saturated heterocycles. The zero-order chi connectivity index (χ0) is 21.5. The van der Waals surface area contributed by atoms with Gasteiger partial charge in [0.05, 0.1) is 11.4 Å². The Morgan fingerprint density at radius 3 is 2.40 bits per heavy atom. The molecule has 0 radical (unpaired) electrons. The lowest BCUT2D eigenvalue weighted by atomic mass is 10.2. The number of carbonyl (C=O) groups is 1. The predicted molar refractivity (Wildman–Crippen MR) is 120 cm³/mol. The molecule has 0 aliphatic heterocycles. The second-order valence-electron chi connectivity index (χ2n) is 6.59. The summed E-state index contributed by atoms with van der Waals surface area (Å²) in [5, 5.41) is 11.8. The number of rotatable bonds is 9.